The average Bonchev–Trinajstić information content (AvgIpc) is 2.84. The van der Waals surface area contributed by atoms with Crippen LogP contribution >= 0.6 is 0 Å². The van der Waals surface area contributed by atoms with Crippen molar-refractivity contribution in [1.82, 2.24) is 10.2 Å². The van der Waals surface area contributed by atoms with Crippen LogP contribution in [0.2, 0.25) is 0 Å². The number of nitrogens with zero attached hydrogens (tertiary/aromatic N) is 1. The van der Waals surface area contributed by atoms with Crippen LogP contribution in [0.5, 0.6) is 0 Å². The van der Waals surface area contributed by atoms with Gasteiger partial charge in [0.1, 0.15) is 0 Å². The molecule has 1 aromatic carbocycles. The number of carbonyl (C=O) groups is 2. The summed E-state index contributed by atoms with van der Waals surface area (Å²) >= 11 is 0. The first-order valence-electron chi connectivity index (χ1n) is 6.75. The maximum atomic E-state index is 12.6. The smallest absolute Gasteiger partial charge is 0.254 e. The molecule has 1 atom stereocenters. The molecule has 2 rings (SSSR count). The van der Waals surface area contributed by atoms with Gasteiger partial charge in [0.05, 0.1) is 5.41 Å². The molecule has 1 heterocycles. The number of benzene rings is 1. The number of likely N-dealkylation sites (tertiary alicyclic amines) is 1. The number of nitrogens with one attached hydrogen (secondary N) is 1. The quantitative estimate of drug-likeness (QED) is 0.796. The van der Waals surface area contributed by atoms with Gasteiger partial charge in [-0.15, -0.1) is 0 Å². The van der Waals surface area contributed by atoms with Gasteiger partial charge in [0.2, 0.25) is 5.91 Å². The van der Waals surface area contributed by atoms with Crippen LogP contribution in [0.4, 0.5) is 5.69 Å². The summed E-state index contributed by atoms with van der Waals surface area (Å²) in [4.78, 5) is 26.2. The van der Waals surface area contributed by atoms with Gasteiger partial charge in [-0.3, -0.25) is 9.59 Å². The zero-order chi connectivity index (χ0) is 14.9. The molecular formula is C15H21N3O2. The summed E-state index contributed by atoms with van der Waals surface area (Å²) in [5, 5.41) is 2.67. The summed E-state index contributed by atoms with van der Waals surface area (Å²) in [7, 11) is 1.63. The Morgan fingerprint density at radius 3 is 2.75 bits per heavy atom. The van der Waals surface area contributed by atoms with Crippen LogP contribution in [0.25, 0.3) is 0 Å². The number of carbonyl (C=O) groups excluding carboxylic acids is 2. The normalized spacial score (nSPS) is 21.9. The van der Waals surface area contributed by atoms with Crippen LogP contribution in [0.1, 0.15) is 29.3 Å². The molecule has 1 aliphatic rings. The highest BCUT2D eigenvalue weighted by molar-refractivity contribution is 5.97. The lowest BCUT2D eigenvalue weighted by molar-refractivity contribution is -0.128. The molecule has 2 amide bonds. The number of nitrogens with two attached hydrogens (primary N) is 1. The van der Waals surface area contributed by atoms with E-state index < -0.39 is 5.41 Å². The lowest BCUT2D eigenvalue weighted by atomic mass is 9.89. The lowest BCUT2D eigenvalue weighted by Crippen LogP contribution is -2.40. The van der Waals surface area contributed by atoms with Crippen LogP contribution in [-0.4, -0.2) is 36.9 Å². The van der Waals surface area contributed by atoms with Crippen molar-refractivity contribution in [2.45, 2.75) is 20.3 Å². The number of anilines is 1. The van der Waals surface area contributed by atoms with E-state index in [0.29, 0.717) is 30.8 Å². The van der Waals surface area contributed by atoms with Gasteiger partial charge in [-0.25, -0.2) is 0 Å². The molecule has 5 nitrogen and oxygen atoms in total. The molecule has 20 heavy (non-hydrogen) atoms. The minimum Gasteiger partial charge on any atom is -0.398 e. The Balaban J connectivity index is 2.20. The predicted octanol–water partition coefficient (Wildman–Crippen LogP) is 1.18. The largest absolute Gasteiger partial charge is 0.398 e. The molecule has 3 N–H and O–H groups in total. The van der Waals surface area contributed by atoms with E-state index in [-0.39, 0.29) is 11.8 Å². The monoisotopic (exact) mass is 275 g/mol. The van der Waals surface area contributed by atoms with Crippen molar-refractivity contribution >= 4 is 17.5 Å². The van der Waals surface area contributed by atoms with Crippen molar-refractivity contribution in [3.63, 3.8) is 0 Å². The maximum Gasteiger partial charge on any atom is 0.254 e. The van der Waals surface area contributed by atoms with E-state index in [0.717, 1.165) is 5.56 Å². The number of nitrogen functional groups attached to an aromatic ring is 1. The minimum atomic E-state index is -0.501. The van der Waals surface area contributed by atoms with Crippen LogP contribution < -0.4 is 11.1 Å². The fourth-order valence-electron chi connectivity index (χ4n) is 2.68. The van der Waals surface area contributed by atoms with Crippen LogP contribution in [0.3, 0.4) is 0 Å². The predicted molar refractivity (Wildman–Crippen MR) is 78.3 cm³/mol. The van der Waals surface area contributed by atoms with E-state index in [4.69, 9.17) is 5.73 Å². The summed E-state index contributed by atoms with van der Waals surface area (Å²) in [5.74, 6) is -0.0699. The van der Waals surface area contributed by atoms with E-state index in [2.05, 4.69) is 5.32 Å². The molecule has 0 aliphatic carbocycles. The topological polar surface area (TPSA) is 75.4 Å². The molecule has 1 saturated heterocycles. The summed E-state index contributed by atoms with van der Waals surface area (Å²) in [6, 6.07) is 5.35. The molecule has 108 valence electrons. The molecule has 1 unspecified atom stereocenters. The van der Waals surface area contributed by atoms with Gasteiger partial charge in [-0.1, -0.05) is 6.07 Å². The number of rotatable bonds is 2. The van der Waals surface area contributed by atoms with E-state index in [1.807, 2.05) is 13.8 Å². The highest BCUT2D eigenvalue weighted by Crippen LogP contribution is 2.31. The second kappa shape index (κ2) is 5.15. The Hall–Kier alpha value is -2.04. The second-order valence-electron chi connectivity index (χ2n) is 5.64. The van der Waals surface area contributed by atoms with Crippen molar-refractivity contribution in [3.05, 3.63) is 29.3 Å². The van der Waals surface area contributed by atoms with Crippen molar-refractivity contribution in [1.29, 1.82) is 0 Å². The van der Waals surface area contributed by atoms with E-state index >= 15 is 0 Å². The number of hydrogen-bond donors (Lipinski definition) is 2. The molecule has 0 aromatic heterocycles. The number of amides is 2. The third-order valence-electron chi connectivity index (χ3n) is 4.14. The lowest BCUT2D eigenvalue weighted by Gasteiger charge is -2.23. The molecule has 0 spiro atoms. The molecule has 5 heteroatoms. The fraction of sp³-hybridized carbons (Fsp3) is 0.467. The van der Waals surface area contributed by atoms with Gasteiger partial charge in [0.15, 0.2) is 0 Å². The minimum absolute atomic E-state index is 0.0166. The van der Waals surface area contributed by atoms with Crippen LogP contribution in [-0.2, 0) is 4.79 Å². The average molecular weight is 275 g/mol. The number of hydrogen-bond acceptors (Lipinski definition) is 3. The van der Waals surface area contributed by atoms with Gasteiger partial charge < -0.3 is 16.0 Å². The molecule has 0 saturated carbocycles. The van der Waals surface area contributed by atoms with Crippen LogP contribution in [0.15, 0.2) is 18.2 Å². The van der Waals surface area contributed by atoms with Crippen molar-refractivity contribution < 1.29 is 9.59 Å². The van der Waals surface area contributed by atoms with Gasteiger partial charge in [-0.05, 0) is 38.0 Å². The fourth-order valence-corrected chi connectivity index (χ4v) is 2.68. The maximum absolute atomic E-state index is 12.6. The zero-order valence-electron chi connectivity index (χ0n) is 12.2. The first-order valence-corrected chi connectivity index (χ1v) is 6.75. The van der Waals surface area contributed by atoms with Gasteiger partial charge in [0.25, 0.3) is 5.91 Å². The molecule has 0 bridgehead atoms. The third kappa shape index (κ3) is 2.35. The van der Waals surface area contributed by atoms with Crippen molar-refractivity contribution in [2.24, 2.45) is 5.41 Å². The van der Waals surface area contributed by atoms with E-state index in [1.54, 1.807) is 30.1 Å². The first kappa shape index (κ1) is 14.4. The second-order valence-corrected chi connectivity index (χ2v) is 5.64. The van der Waals surface area contributed by atoms with Crippen molar-refractivity contribution in [3.8, 4) is 0 Å². The Bertz CT molecular complexity index is 556. The summed E-state index contributed by atoms with van der Waals surface area (Å²) in [6.07, 6.45) is 0.680. The zero-order valence-corrected chi connectivity index (χ0v) is 12.2. The Labute approximate surface area is 119 Å². The third-order valence-corrected chi connectivity index (χ3v) is 4.14. The van der Waals surface area contributed by atoms with Gasteiger partial charge in [-0.2, -0.15) is 0 Å². The van der Waals surface area contributed by atoms with E-state index in [9.17, 15) is 9.59 Å². The Morgan fingerprint density at radius 2 is 2.10 bits per heavy atom. The first-order chi connectivity index (χ1) is 9.39. The molecular weight excluding hydrogens is 254 g/mol. The van der Waals surface area contributed by atoms with Gasteiger partial charge >= 0.3 is 0 Å². The highest BCUT2D eigenvalue weighted by atomic mass is 16.2. The molecule has 1 fully saturated rings. The van der Waals surface area contributed by atoms with Crippen LogP contribution in [0, 0.1) is 12.3 Å². The van der Waals surface area contributed by atoms with Crippen molar-refractivity contribution in [2.75, 3.05) is 25.9 Å². The molecule has 0 radical (unpaired) electrons. The van der Waals surface area contributed by atoms with Gasteiger partial charge in [0, 0.05) is 31.4 Å². The molecule has 1 aliphatic heterocycles. The standard InChI is InChI=1S/C15H21N3O2/c1-10-11(5-4-6-12(10)16)13(19)18-8-7-15(2,9-18)14(20)17-3/h4-6H,7-9,16H2,1-3H3,(H,17,20). The summed E-state index contributed by atoms with van der Waals surface area (Å²) in [6.45, 7) is 4.78. The summed E-state index contributed by atoms with van der Waals surface area (Å²) in [5.41, 5.74) is 7.37. The Morgan fingerprint density at radius 1 is 1.40 bits per heavy atom. The van der Waals surface area contributed by atoms with E-state index in [1.165, 1.54) is 0 Å². The highest BCUT2D eigenvalue weighted by Gasteiger charge is 2.41. The molecule has 1 aromatic rings. The summed E-state index contributed by atoms with van der Waals surface area (Å²) < 4.78 is 0. The SMILES string of the molecule is CNC(=O)C1(C)CCN(C(=O)c2cccc(N)c2C)C1. The Kier molecular flexibility index (Phi) is 3.70.